The lowest BCUT2D eigenvalue weighted by atomic mass is 10.1. The average molecular weight is 377 g/mol. The number of imidazole rings is 1. The van der Waals surface area contributed by atoms with Crippen LogP contribution in [0.4, 0.5) is 0 Å². The minimum Gasteiger partial charge on any atom is -0.356 e. The highest BCUT2D eigenvalue weighted by molar-refractivity contribution is 5.58. The molecule has 0 N–H and O–H groups in total. The van der Waals surface area contributed by atoms with Crippen LogP contribution in [0.5, 0.6) is 0 Å². The Bertz CT molecular complexity index is 946. The Morgan fingerprint density at radius 1 is 1.32 bits per heavy atom. The van der Waals surface area contributed by atoms with Crippen LogP contribution in [-0.4, -0.2) is 27.6 Å². The van der Waals surface area contributed by atoms with Crippen molar-refractivity contribution in [2.75, 3.05) is 6.61 Å². The van der Waals surface area contributed by atoms with E-state index in [4.69, 9.17) is 20.4 Å². The van der Waals surface area contributed by atoms with Crippen molar-refractivity contribution in [2.24, 2.45) is 0 Å². The summed E-state index contributed by atoms with van der Waals surface area (Å²) in [6.07, 6.45) is 11.9. The minimum atomic E-state index is -0.166. The molecule has 0 radical (unpaired) electrons. The van der Waals surface area contributed by atoms with Crippen LogP contribution in [0.2, 0.25) is 0 Å². The molecule has 0 bridgehead atoms. The standard InChI is InChI=1S/C22H23N3O3/c1-3-17-7-9-18(10-8-17)20-14-19(24-28-20)15-25-12-11-23-22(25)16(2)27-21-6-4-5-13-26-21/h1,7-12,14,16,21H,4-6,13,15H2,2H3/t16-,21?/m0/s1. The van der Waals surface area contributed by atoms with Gasteiger partial charge in [0.2, 0.25) is 0 Å². The van der Waals surface area contributed by atoms with Crippen molar-refractivity contribution in [1.29, 1.82) is 0 Å². The van der Waals surface area contributed by atoms with E-state index >= 15 is 0 Å². The number of aromatic nitrogens is 3. The highest BCUT2D eigenvalue weighted by Crippen LogP contribution is 2.24. The van der Waals surface area contributed by atoms with Crippen molar-refractivity contribution in [2.45, 2.75) is 45.1 Å². The molecule has 2 aromatic heterocycles. The van der Waals surface area contributed by atoms with Gasteiger partial charge in [-0.25, -0.2) is 4.98 Å². The van der Waals surface area contributed by atoms with E-state index in [1.807, 2.05) is 48.0 Å². The van der Waals surface area contributed by atoms with Crippen molar-refractivity contribution >= 4 is 0 Å². The Kier molecular flexibility index (Phi) is 5.56. The summed E-state index contributed by atoms with van der Waals surface area (Å²) in [4.78, 5) is 4.47. The SMILES string of the molecule is C#Cc1ccc(-c2cc(Cn3ccnc3[C@H](C)OC3CCCCO3)no2)cc1. The highest BCUT2D eigenvalue weighted by Gasteiger charge is 2.21. The van der Waals surface area contributed by atoms with E-state index in [2.05, 4.69) is 16.1 Å². The maximum absolute atomic E-state index is 6.04. The van der Waals surface area contributed by atoms with Gasteiger partial charge in [0.25, 0.3) is 0 Å². The van der Waals surface area contributed by atoms with Gasteiger partial charge >= 0.3 is 0 Å². The monoisotopic (exact) mass is 377 g/mol. The van der Waals surface area contributed by atoms with Gasteiger partial charge in [0, 0.05) is 36.2 Å². The van der Waals surface area contributed by atoms with E-state index < -0.39 is 0 Å². The molecule has 1 aromatic carbocycles. The Hall–Kier alpha value is -2.88. The number of hydrogen-bond acceptors (Lipinski definition) is 5. The number of rotatable bonds is 6. The van der Waals surface area contributed by atoms with E-state index in [1.54, 1.807) is 6.20 Å². The fourth-order valence-electron chi connectivity index (χ4n) is 3.35. The van der Waals surface area contributed by atoms with Crippen LogP contribution in [0.15, 0.2) is 47.2 Å². The molecule has 1 aliphatic rings. The van der Waals surface area contributed by atoms with Crippen LogP contribution >= 0.6 is 0 Å². The Labute approximate surface area is 164 Å². The minimum absolute atomic E-state index is 0.154. The maximum Gasteiger partial charge on any atom is 0.167 e. The maximum atomic E-state index is 6.04. The Balaban J connectivity index is 1.44. The van der Waals surface area contributed by atoms with Crippen molar-refractivity contribution in [3.63, 3.8) is 0 Å². The van der Waals surface area contributed by atoms with Gasteiger partial charge in [-0.2, -0.15) is 0 Å². The molecule has 0 amide bonds. The van der Waals surface area contributed by atoms with Crippen molar-refractivity contribution < 1.29 is 14.0 Å². The van der Waals surface area contributed by atoms with E-state index in [9.17, 15) is 0 Å². The molecule has 6 heteroatoms. The largest absolute Gasteiger partial charge is 0.356 e. The first kappa shape index (κ1) is 18.5. The topological polar surface area (TPSA) is 62.3 Å². The Morgan fingerprint density at radius 2 is 2.18 bits per heavy atom. The number of ether oxygens (including phenoxy) is 2. The van der Waals surface area contributed by atoms with Gasteiger partial charge in [-0.15, -0.1) is 6.42 Å². The van der Waals surface area contributed by atoms with Gasteiger partial charge in [-0.05, 0) is 50.5 Å². The van der Waals surface area contributed by atoms with Gasteiger partial charge in [-0.1, -0.05) is 11.1 Å². The second-order valence-electron chi connectivity index (χ2n) is 6.89. The van der Waals surface area contributed by atoms with Crippen LogP contribution in [0.1, 0.15) is 49.4 Å². The van der Waals surface area contributed by atoms with Gasteiger partial charge in [0.05, 0.1) is 6.54 Å². The summed E-state index contributed by atoms with van der Waals surface area (Å²) < 4.78 is 19.3. The molecule has 6 nitrogen and oxygen atoms in total. The lowest BCUT2D eigenvalue weighted by Gasteiger charge is -2.26. The predicted octanol–water partition coefficient (Wildman–Crippen LogP) is 4.17. The summed E-state index contributed by atoms with van der Waals surface area (Å²) in [7, 11) is 0. The molecule has 1 fully saturated rings. The molecular weight excluding hydrogens is 354 g/mol. The summed E-state index contributed by atoms with van der Waals surface area (Å²) in [6.45, 7) is 3.31. The van der Waals surface area contributed by atoms with Gasteiger partial charge in [-0.3, -0.25) is 0 Å². The van der Waals surface area contributed by atoms with Crippen LogP contribution in [-0.2, 0) is 16.0 Å². The predicted molar refractivity (Wildman–Crippen MR) is 104 cm³/mol. The second kappa shape index (κ2) is 8.42. The molecule has 28 heavy (non-hydrogen) atoms. The van der Waals surface area contributed by atoms with Crippen LogP contribution in [0.3, 0.4) is 0 Å². The molecule has 0 spiro atoms. The third kappa shape index (κ3) is 4.16. The smallest absolute Gasteiger partial charge is 0.167 e. The summed E-state index contributed by atoms with van der Waals surface area (Å²) in [5, 5.41) is 4.20. The zero-order chi connectivity index (χ0) is 19.3. The molecule has 2 atom stereocenters. The molecule has 144 valence electrons. The third-order valence-corrected chi connectivity index (χ3v) is 4.83. The van der Waals surface area contributed by atoms with Crippen LogP contribution in [0, 0.1) is 12.3 Å². The van der Waals surface area contributed by atoms with E-state index in [1.165, 1.54) is 0 Å². The summed E-state index contributed by atoms with van der Waals surface area (Å²) >= 11 is 0. The number of terminal acetylenes is 1. The fourth-order valence-corrected chi connectivity index (χ4v) is 3.35. The first-order valence-corrected chi connectivity index (χ1v) is 9.53. The van der Waals surface area contributed by atoms with E-state index in [0.717, 1.165) is 48.5 Å². The lowest BCUT2D eigenvalue weighted by molar-refractivity contribution is -0.188. The number of benzene rings is 1. The summed E-state index contributed by atoms with van der Waals surface area (Å²) in [5.74, 6) is 4.16. The van der Waals surface area contributed by atoms with Crippen molar-refractivity contribution in [3.8, 4) is 23.7 Å². The average Bonchev–Trinajstić information content (AvgIpc) is 3.39. The zero-order valence-corrected chi connectivity index (χ0v) is 15.9. The molecule has 0 aliphatic carbocycles. The van der Waals surface area contributed by atoms with Gasteiger partial charge in [0.1, 0.15) is 17.6 Å². The number of nitrogens with zero attached hydrogens (tertiary/aromatic N) is 3. The molecular formula is C22H23N3O3. The molecule has 1 saturated heterocycles. The first-order valence-electron chi connectivity index (χ1n) is 9.53. The van der Waals surface area contributed by atoms with Crippen LogP contribution < -0.4 is 0 Å². The van der Waals surface area contributed by atoms with E-state index in [0.29, 0.717) is 12.3 Å². The molecule has 4 rings (SSSR count). The van der Waals surface area contributed by atoms with Crippen LogP contribution in [0.25, 0.3) is 11.3 Å². The quantitative estimate of drug-likeness (QED) is 0.603. The lowest BCUT2D eigenvalue weighted by Crippen LogP contribution is -2.24. The van der Waals surface area contributed by atoms with Crippen molar-refractivity contribution in [3.05, 3.63) is 59.8 Å². The Morgan fingerprint density at radius 3 is 2.93 bits per heavy atom. The fraction of sp³-hybridized carbons (Fsp3) is 0.364. The zero-order valence-electron chi connectivity index (χ0n) is 15.9. The molecule has 3 heterocycles. The normalized spacial score (nSPS) is 17.9. The first-order chi connectivity index (χ1) is 13.7. The van der Waals surface area contributed by atoms with Gasteiger partial charge < -0.3 is 18.6 Å². The summed E-state index contributed by atoms with van der Waals surface area (Å²) in [5.41, 5.74) is 2.59. The molecule has 1 aliphatic heterocycles. The molecule has 3 aromatic rings. The van der Waals surface area contributed by atoms with Crippen molar-refractivity contribution in [1.82, 2.24) is 14.7 Å². The number of hydrogen-bond donors (Lipinski definition) is 0. The summed E-state index contributed by atoms with van der Waals surface area (Å²) in [6, 6.07) is 9.57. The molecule has 0 saturated carbocycles. The third-order valence-electron chi connectivity index (χ3n) is 4.83. The second-order valence-corrected chi connectivity index (χ2v) is 6.89. The molecule has 1 unspecified atom stereocenters. The van der Waals surface area contributed by atoms with Gasteiger partial charge in [0.15, 0.2) is 12.1 Å². The van der Waals surface area contributed by atoms with E-state index in [-0.39, 0.29) is 12.4 Å². The highest BCUT2D eigenvalue weighted by atomic mass is 16.7.